The standard InChI is InChI=1S/C24H41N5O3/c1-5-26-22(28-14-8-16-31-19-20-10-11-20)27-13-7-15-29(23(30)32-24(2,3)4)18-21-9-6-12-25-17-21/h6,9,12,17,20H,5,7-8,10-11,13-16,18-19H2,1-4H3,(H2,26,27,28). The highest BCUT2D eigenvalue weighted by atomic mass is 16.6. The Kier molecular flexibility index (Phi) is 11.3. The summed E-state index contributed by atoms with van der Waals surface area (Å²) in [5.74, 6) is 1.60. The molecule has 0 atom stereocenters. The summed E-state index contributed by atoms with van der Waals surface area (Å²) in [4.78, 5) is 23.2. The Morgan fingerprint density at radius 3 is 2.75 bits per heavy atom. The molecular weight excluding hydrogens is 406 g/mol. The number of aromatic nitrogens is 1. The Balaban J connectivity index is 1.77. The first-order valence-corrected chi connectivity index (χ1v) is 11.8. The van der Waals surface area contributed by atoms with Gasteiger partial charge in [0.2, 0.25) is 0 Å². The van der Waals surface area contributed by atoms with Crippen LogP contribution < -0.4 is 10.6 Å². The summed E-state index contributed by atoms with van der Waals surface area (Å²) in [5.41, 5.74) is 0.438. The second-order valence-electron chi connectivity index (χ2n) is 9.18. The maximum absolute atomic E-state index is 12.7. The van der Waals surface area contributed by atoms with E-state index in [9.17, 15) is 4.79 Å². The van der Waals surface area contributed by atoms with Crippen molar-refractivity contribution in [3.8, 4) is 0 Å². The van der Waals surface area contributed by atoms with Crippen molar-refractivity contribution in [3.63, 3.8) is 0 Å². The van der Waals surface area contributed by atoms with Crippen molar-refractivity contribution in [2.45, 2.75) is 65.5 Å². The van der Waals surface area contributed by atoms with Gasteiger partial charge >= 0.3 is 6.09 Å². The van der Waals surface area contributed by atoms with Crippen LogP contribution in [0.5, 0.6) is 0 Å². The number of pyridine rings is 1. The van der Waals surface area contributed by atoms with E-state index in [1.165, 1.54) is 12.8 Å². The number of amides is 1. The molecule has 1 fully saturated rings. The van der Waals surface area contributed by atoms with Crippen LogP contribution in [0, 0.1) is 5.92 Å². The summed E-state index contributed by atoms with van der Waals surface area (Å²) < 4.78 is 11.3. The summed E-state index contributed by atoms with van der Waals surface area (Å²) in [6.07, 6.45) is 7.52. The van der Waals surface area contributed by atoms with E-state index in [0.29, 0.717) is 19.6 Å². The van der Waals surface area contributed by atoms with Crippen LogP contribution in [0.15, 0.2) is 29.5 Å². The molecule has 8 heteroatoms. The highest BCUT2D eigenvalue weighted by molar-refractivity contribution is 5.79. The Labute approximate surface area is 193 Å². The number of hydrogen-bond donors (Lipinski definition) is 2. The molecule has 1 aromatic heterocycles. The normalized spacial score (nSPS) is 14.2. The molecule has 180 valence electrons. The molecule has 1 aliphatic carbocycles. The van der Waals surface area contributed by atoms with E-state index in [4.69, 9.17) is 9.47 Å². The van der Waals surface area contributed by atoms with Crippen LogP contribution in [0.2, 0.25) is 0 Å². The zero-order valence-electron chi connectivity index (χ0n) is 20.2. The van der Waals surface area contributed by atoms with E-state index in [1.54, 1.807) is 17.3 Å². The second-order valence-corrected chi connectivity index (χ2v) is 9.18. The monoisotopic (exact) mass is 447 g/mol. The maximum Gasteiger partial charge on any atom is 0.410 e. The number of hydrogen-bond acceptors (Lipinski definition) is 5. The van der Waals surface area contributed by atoms with Crippen LogP contribution in [0.4, 0.5) is 4.79 Å². The van der Waals surface area contributed by atoms with Crippen molar-refractivity contribution in [2.75, 3.05) is 39.4 Å². The number of nitrogens with one attached hydrogen (secondary N) is 2. The van der Waals surface area contributed by atoms with Gasteiger partial charge in [0.25, 0.3) is 0 Å². The molecule has 0 saturated heterocycles. The van der Waals surface area contributed by atoms with Gasteiger partial charge in [-0.15, -0.1) is 0 Å². The third-order valence-corrected chi connectivity index (χ3v) is 4.76. The van der Waals surface area contributed by atoms with Crippen molar-refractivity contribution >= 4 is 12.1 Å². The summed E-state index contributed by atoms with van der Waals surface area (Å²) in [6.45, 7) is 12.6. The molecule has 1 heterocycles. The fraction of sp³-hybridized carbons (Fsp3) is 0.708. The average molecular weight is 448 g/mol. The zero-order chi connectivity index (χ0) is 23.2. The lowest BCUT2D eigenvalue weighted by Gasteiger charge is -2.27. The lowest BCUT2D eigenvalue weighted by molar-refractivity contribution is 0.0232. The molecule has 0 aromatic carbocycles. The predicted octanol–water partition coefficient (Wildman–Crippen LogP) is 3.58. The van der Waals surface area contributed by atoms with Crippen molar-refractivity contribution in [1.82, 2.24) is 20.5 Å². The van der Waals surface area contributed by atoms with E-state index < -0.39 is 5.60 Å². The molecule has 0 radical (unpaired) electrons. The van der Waals surface area contributed by atoms with Gasteiger partial charge in [-0.05, 0) is 70.9 Å². The van der Waals surface area contributed by atoms with Gasteiger partial charge in [0.15, 0.2) is 5.96 Å². The minimum Gasteiger partial charge on any atom is -0.444 e. The third-order valence-electron chi connectivity index (χ3n) is 4.76. The van der Waals surface area contributed by atoms with Crippen LogP contribution >= 0.6 is 0 Å². The Hall–Kier alpha value is -2.35. The predicted molar refractivity (Wildman–Crippen MR) is 128 cm³/mol. The fourth-order valence-electron chi connectivity index (χ4n) is 2.98. The summed E-state index contributed by atoms with van der Waals surface area (Å²) in [6, 6.07) is 3.84. The van der Waals surface area contributed by atoms with Crippen molar-refractivity contribution in [2.24, 2.45) is 10.9 Å². The maximum atomic E-state index is 12.7. The van der Waals surface area contributed by atoms with Gasteiger partial charge in [0.05, 0.1) is 6.54 Å². The number of nitrogens with zero attached hydrogens (tertiary/aromatic N) is 3. The Morgan fingerprint density at radius 1 is 1.28 bits per heavy atom. The van der Waals surface area contributed by atoms with Crippen LogP contribution in [0.1, 0.15) is 58.9 Å². The molecule has 8 nitrogen and oxygen atoms in total. The highest BCUT2D eigenvalue weighted by Gasteiger charge is 2.22. The van der Waals surface area contributed by atoms with Crippen molar-refractivity contribution in [3.05, 3.63) is 30.1 Å². The van der Waals surface area contributed by atoms with E-state index in [2.05, 4.69) is 20.6 Å². The van der Waals surface area contributed by atoms with Crippen molar-refractivity contribution in [1.29, 1.82) is 0 Å². The van der Waals surface area contributed by atoms with E-state index in [1.807, 2.05) is 39.8 Å². The topological polar surface area (TPSA) is 88.1 Å². The number of carbonyl (C=O) groups excluding carboxylic acids is 1. The number of aliphatic imine (C=N–C) groups is 1. The smallest absolute Gasteiger partial charge is 0.410 e. The van der Waals surface area contributed by atoms with Gasteiger partial charge in [-0.2, -0.15) is 0 Å². The van der Waals surface area contributed by atoms with Crippen LogP contribution in [-0.2, 0) is 16.0 Å². The first-order valence-electron chi connectivity index (χ1n) is 11.8. The molecule has 0 unspecified atom stereocenters. The number of carbonyl (C=O) groups is 1. The summed E-state index contributed by atoms with van der Waals surface area (Å²) in [7, 11) is 0. The largest absolute Gasteiger partial charge is 0.444 e. The molecule has 0 bridgehead atoms. The summed E-state index contributed by atoms with van der Waals surface area (Å²) >= 11 is 0. The molecule has 2 N–H and O–H groups in total. The van der Waals surface area contributed by atoms with Crippen molar-refractivity contribution < 1.29 is 14.3 Å². The number of ether oxygens (including phenoxy) is 2. The molecule has 1 amide bonds. The van der Waals surface area contributed by atoms with Gasteiger partial charge in [-0.25, -0.2) is 4.79 Å². The highest BCUT2D eigenvalue weighted by Crippen LogP contribution is 2.28. The van der Waals surface area contributed by atoms with Gasteiger partial charge < -0.3 is 25.0 Å². The van der Waals surface area contributed by atoms with E-state index in [0.717, 1.165) is 56.6 Å². The molecule has 0 aliphatic heterocycles. The first kappa shape index (κ1) is 25.9. The molecule has 2 rings (SSSR count). The van der Waals surface area contributed by atoms with E-state index in [-0.39, 0.29) is 6.09 Å². The summed E-state index contributed by atoms with van der Waals surface area (Å²) in [5, 5.41) is 6.62. The Bertz CT molecular complexity index is 687. The lowest BCUT2D eigenvalue weighted by atomic mass is 10.2. The van der Waals surface area contributed by atoms with Gasteiger partial charge in [-0.1, -0.05) is 6.07 Å². The lowest BCUT2D eigenvalue weighted by Crippen LogP contribution is -2.39. The minimum atomic E-state index is -0.535. The molecule has 1 aliphatic rings. The van der Waals surface area contributed by atoms with Gasteiger partial charge in [-0.3, -0.25) is 9.98 Å². The molecule has 32 heavy (non-hydrogen) atoms. The number of guanidine groups is 1. The minimum absolute atomic E-state index is 0.318. The number of rotatable bonds is 13. The Morgan fingerprint density at radius 2 is 2.09 bits per heavy atom. The fourth-order valence-corrected chi connectivity index (χ4v) is 2.98. The van der Waals surface area contributed by atoms with Crippen LogP contribution in [0.3, 0.4) is 0 Å². The average Bonchev–Trinajstić information content (AvgIpc) is 3.56. The molecule has 1 aromatic rings. The quantitative estimate of drug-likeness (QED) is 0.273. The SMILES string of the molecule is CCNC(=NCCCN(Cc1cccnc1)C(=O)OC(C)(C)C)NCCCOCC1CC1. The molecular formula is C24H41N5O3. The van der Waals surface area contributed by atoms with Crippen LogP contribution in [-0.4, -0.2) is 66.9 Å². The first-order chi connectivity index (χ1) is 15.4. The van der Waals surface area contributed by atoms with Gasteiger partial charge in [0, 0.05) is 51.8 Å². The molecule has 0 spiro atoms. The third kappa shape index (κ3) is 11.9. The second kappa shape index (κ2) is 13.9. The zero-order valence-corrected chi connectivity index (χ0v) is 20.2. The van der Waals surface area contributed by atoms with E-state index >= 15 is 0 Å². The molecule has 1 saturated carbocycles. The van der Waals surface area contributed by atoms with Gasteiger partial charge in [0.1, 0.15) is 5.60 Å². The van der Waals surface area contributed by atoms with Crippen LogP contribution in [0.25, 0.3) is 0 Å².